The van der Waals surface area contributed by atoms with E-state index in [9.17, 15) is 9.59 Å². The van der Waals surface area contributed by atoms with Gasteiger partial charge in [0.15, 0.2) is 0 Å². The highest BCUT2D eigenvalue weighted by Crippen LogP contribution is 1.88. The molecule has 13 heavy (non-hydrogen) atoms. The lowest BCUT2D eigenvalue weighted by molar-refractivity contribution is -0.143. The quantitative estimate of drug-likeness (QED) is 0.275. The van der Waals surface area contributed by atoms with Gasteiger partial charge in [0.1, 0.15) is 6.04 Å². The summed E-state index contributed by atoms with van der Waals surface area (Å²) in [7, 11) is 1.20. The third kappa shape index (κ3) is 10.3. The molecule has 7 heteroatoms. The smallest absolute Gasteiger partial charge is 0.323 e. The Kier molecular flexibility index (Phi) is 8.92. The number of hydrogen-bond donors (Lipinski definition) is 3. The van der Waals surface area contributed by atoms with Crippen molar-refractivity contribution in [2.75, 3.05) is 7.11 Å². The van der Waals surface area contributed by atoms with Crippen LogP contribution in [-0.2, 0) is 19.1 Å². The van der Waals surface area contributed by atoms with E-state index in [0.29, 0.717) is 0 Å². The standard InChI is InChI=1S/C5H10N2O3.CHNO/c1-10-5(9)3(6)2-4(7)8;2-1-3/h3H,2,6H2,1H3,(H2,7,8);2H/t3-;/m0./s1. The van der Waals surface area contributed by atoms with E-state index < -0.39 is 17.9 Å². The first-order valence-corrected chi connectivity index (χ1v) is 3.15. The number of carbonyl (C=O) groups is 2. The number of carbonyl (C=O) groups excluding carboxylic acids is 3. The maximum Gasteiger partial charge on any atom is 0.323 e. The molecule has 7 nitrogen and oxygen atoms in total. The maximum absolute atomic E-state index is 10.5. The predicted molar refractivity (Wildman–Crippen MR) is 42.2 cm³/mol. The zero-order valence-corrected chi connectivity index (χ0v) is 7.07. The first-order valence-electron chi connectivity index (χ1n) is 3.15. The monoisotopic (exact) mass is 189 g/mol. The molecular weight excluding hydrogens is 178 g/mol. The number of primary amides is 1. The normalized spacial score (nSPS) is 10.0. The molecule has 0 saturated heterocycles. The van der Waals surface area contributed by atoms with Gasteiger partial charge < -0.3 is 16.2 Å². The van der Waals surface area contributed by atoms with Crippen molar-refractivity contribution in [3.63, 3.8) is 0 Å². The Balaban J connectivity index is 0. The number of amides is 1. The largest absolute Gasteiger partial charge is 0.468 e. The molecule has 1 atom stereocenters. The van der Waals surface area contributed by atoms with E-state index in [0.717, 1.165) is 6.08 Å². The van der Waals surface area contributed by atoms with Crippen LogP contribution in [0.2, 0.25) is 0 Å². The van der Waals surface area contributed by atoms with Gasteiger partial charge in [0, 0.05) is 0 Å². The van der Waals surface area contributed by atoms with Gasteiger partial charge in [-0.25, -0.2) is 10.2 Å². The average Bonchev–Trinajstić information content (AvgIpc) is 2.03. The van der Waals surface area contributed by atoms with Crippen molar-refractivity contribution in [1.82, 2.24) is 0 Å². The summed E-state index contributed by atoms with van der Waals surface area (Å²) >= 11 is 0. The summed E-state index contributed by atoms with van der Waals surface area (Å²) in [5.74, 6) is -1.24. The Morgan fingerprint density at radius 2 is 2.00 bits per heavy atom. The van der Waals surface area contributed by atoms with Crippen LogP contribution in [0.1, 0.15) is 6.42 Å². The summed E-state index contributed by atoms with van der Waals surface area (Å²) < 4.78 is 4.24. The van der Waals surface area contributed by atoms with E-state index >= 15 is 0 Å². The van der Waals surface area contributed by atoms with Gasteiger partial charge in [-0.2, -0.15) is 0 Å². The maximum atomic E-state index is 10.5. The number of nitrogens with two attached hydrogens (primary N) is 2. The second kappa shape index (κ2) is 8.38. The van der Waals surface area contributed by atoms with E-state index in [-0.39, 0.29) is 6.42 Å². The summed E-state index contributed by atoms with van der Waals surface area (Å²) in [4.78, 5) is 29.0. The van der Waals surface area contributed by atoms with E-state index in [2.05, 4.69) is 4.74 Å². The summed E-state index contributed by atoms with van der Waals surface area (Å²) in [6, 6.07) is -0.928. The van der Waals surface area contributed by atoms with E-state index in [1.807, 2.05) is 0 Å². The lowest BCUT2D eigenvalue weighted by atomic mass is 10.2. The Labute approximate surface area is 74.5 Å². The third-order valence-corrected chi connectivity index (χ3v) is 0.925. The number of nitrogens with one attached hydrogen (secondary N) is 1. The van der Waals surface area contributed by atoms with Crippen LogP contribution < -0.4 is 11.5 Å². The topological polar surface area (TPSA) is 136 Å². The van der Waals surface area contributed by atoms with Crippen LogP contribution in [0.15, 0.2) is 0 Å². The van der Waals surface area contributed by atoms with Gasteiger partial charge in [-0.05, 0) is 0 Å². The summed E-state index contributed by atoms with van der Waals surface area (Å²) in [5, 5.41) is 5.40. The zero-order valence-electron chi connectivity index (χ0n) is 7.07. The molecule has 0 aliphatic rings. The fraction of sp³-hybridized carbons (Fsp3) is 0.500. The summed E-state index contributed by atoms with van der Waals surface area (Å²) in [6.07, 6.45) is 0.576. The van der Waals surface area contributed by atoms with Gasteiger partial charge in [-0.3, -0.25) is 9.59 Å². The van der Waals surface area contributed by atoms with Crippen LogP contribution in [0, 0.1) is 5.41 Å². The molecule has 0 saturated carbocycles. The minimum absolute atomic E-state index is 0.174. The molecule has 0 fully saturated rings. The third-order valence-electron chi connectivity index (χ3n) is 0.925. The lowest BCUT2D eigenvalue weighted by Crippen LogP contribution is -2.35. The molecule has 0 spiro atoms. The van der Waals surface area contributed by atoms with Gasteiger partial charge >= 0.3 is 5.97 Å². The Hall–Kier alpha value is -1.72. The minimum atomic E-state index is -0.928. The first kappa shape index (κ1) is 13.8. The molecule has 0 aliphatic carbocycles. The SMILES string of the molecule is COC(=O)[C@@H](N)CC(N)=O.N=C=O. The number of ether oxygens (including phenoxy) is 1. The Morgan fingerprint density at radius 3 is 2.23 bits per heavy atom. The molecule has 0 aromatic rings. The van der Waals surface area contributed by atoms with E-state index in [1.165, 1.54) is 7.11 Å². The van der Waals surface area contributed by atoms with E-state index in [4.69, 9.17) is 21.7 Å². The fourth-order valence-corrected chi connectivity index (χ4v) is 0.451. The van der Waals surface area contributed by atoms with Crippen molar-refractivity contribution in [1.29, 1.82) is 5.41 Å². The Bertz CT molecular complexity index is 210. The molecule has 5 N–H and O–H groups in total. The number of isocyanates is 1. The van der Waals surface area contributed by atoms with Crippen molar-refractivity contribution < 1.29 is 19.1 Å². The van der Waals surface area contributed by atoms with Crippen molar-refractivity contribution in [2.24, 2.45) is 11.5 Å². The van der Waals surface area contributed by atoms with Crippen LogP contribution in [0.5, 0.6) is 0 Å². The molecule has 0 bridgehead atoms. The molecule has 0 rings (SSSR count). The molecule has 0 aliphatic heterocycles. The molecular formula is C6H11N3O4. The van der Waals surface area contributed by atoms with Gasteiger partial charge in [0.25, 0.3) is 0 Å². The molecule has 0 aromatic carbocycles. The molecule has 74 valence electrons. The second-order valence-corrected chi connectivity index (χ2v) is 1.90. The van der Waals surface area contributed by atoms with Crippen molar-refractivity contribution >= 4 is 18.0 Å². The second-order valence-electron chi connectivity index (χ2n) is 1.90. The molecule has 0 aromatic heterocycles. The average molecular weight is 189 g/mol. The Morgan fingerprint density at radius 1 is 1.62 bits per heavy atom. The van der Waals surface area contributed by atoms with Crippen LogP contribution in [0.25, 0.3) is 0 Å². The summed E-state index contributed by atoms with van der Waals surface area (Å²) in [5.41, 5.74) is 9.91. The highest BCUT2D eigenvalue weighted by atomic mass is 16.5. The highest BCUT2D eigenvalue weighted by Gasteiger charge is 2.15. The summed E-state index contributed by atoms with van der Waals surface area (Å²) in [6.45, 7) is 0. The minimum Gasteiger partial charge on any atom is -0.468 e. The van der Waals surface area contributed by atoms with Gasteiger partial charge in [0.2, 0.25) is 12.0 Å². The molecule has 1 amide bonds. The van der Waals surface area contributed by atoms with E-state index in [1.54, 1.807) is 0 Å². The molecule has 0 radical (unpaired) electrons. The van der Waals surface area contributed by atoms with Crippen molar-refractivity contribution in [3.8, 4) is 0 Å². The highest BCUT2D eigenvalue weighted by molar-refractivity contribution is 5.83. The van der Waals surface area contributed by atoms with Crippen molar-refractivity contribution in [2.45, 2.75) is 12.5 Å². The zero-order chi connectivity index (χ0) is 10.9. The van der Waals surface area contributed by atoms with Crippen LogP contribution in [0.3, 0.4) is 0 Å². The fourth-order valence-electron chi connectivity index (χ4n) is 0.451. The van der Waals surface area contributed by atoms with Gasteiger partial charge in [0.05, 0.1) is 13.5 Å². The number of hydrogen-bond acceptors (Lipinski definition) is 6. The molecule has 0 heterocycles. The lowest BCUT2D eigenvalue weighted by Gasteiger charge is -2.04. The van der Waals surface area contributed by atoms with Crippen LogP contribution in [-0.4, -0.2) is 31.1 Å². The number of methoxy groups -OCH3 is 1. The number of esters is 1. The van der Waals surface area contributed by atoms with Gasteiger partial charge in [-0.15, -0.1) is 0 Å². The number of rotatable bonds is 3. The van der Waals surface area contributed by atoms with Crippen LogP contribution >= 0.6 is 0 Å². The van der Waals surface area contributed by atoms with Crippen LogP contribution in [0.4, 0.5) is 0 Å². The van der Waals surface area contributed by atoms with Crippen molar-refractivity contribution in [3.05, 3.63) is 0 Å². The predicted octanol–water partition coefficient (Wildman–Crippen LogP) is -1.74. The molecule has 0 unspecified atom stereocenters. The first-order chi connectivity index (χ1) is 5.99. The van der Waals surface area contributed by atoms with Gasteiger partial charge in [-0.1, -0.05) is 0 Å².